The fraction of sp³-hybridized carbons (Fsp3) is 0.200. The largest absolute Gasteiger partial charge is 0.418 e. The maximum atomic E-state index is 12.8. The van der Waals surface area contributed by atoms with Crippen molar-refractivity contribution in [3.63, 3.8) is 0 Å². The first kappa shape index (κ1) is 15.2. The molecule has 21 heavy (non-hydrogen) atoms. The number of anilines is 2. The lowest BCUT2D eigenvalue weighted by Crippen LogP contribution is -2.16. The molecule has 1 atom stereocenters. The normalized spacial score (nSPS) is 13.0. The summed E-state index contributed by atoms with van der Waals surface area (Å²) in [5.74, 6) is 0. The molecular formula is C15H15F3N2O. The maximum absolute atomic E-state index is 12.8. The van der Waals surface area contributed by atoms with Crippen LogP contribution in [0.2, 0.25) is 0 Å². The third-order valence-corrected chi connectivity index (χ3v) is 3.08. The summed E-state index contributed by atoms with van der Waals surface area (Å²) in [4.78, 5) is 0. The van der Waals surface area contributed by atoms with Crippen LogP contribution in [0, 0.1) is 0 Å². The van der Waals surface area contributed by atoms with E-state index < -0.39 is 17.8 Å². The molecule has 0 bridgehead atoms. The minimum atomic E-state index is -4.51. The van der Waals surface area contributed by atoms with Crippen LogP contribution in [0.25, 0.3) is 0 Å². The van der Waals surface area contributed by atoms with Crippen molar-refractivity contribution in [2.45, 2.75) is 12.2 Å². The molecule has 0 fully saturated rings. The average molecular weight is 296 g/mol. The van der Waals surface area contributed by atoms with E-state index in [0.29, 0.717) is 0 Å². The number of nitrogen functional groups attached to an aromatic ring is 1. The highest BCUT2D eigenvalue weighted by Crippen LogP contribution is 2.35. The molecule has 4 N–H and O–H groups in total. The van der Waals surface area contributed by atoms with Crippen molar-refractivity contribution < 1.29 is 18.3 Å². The van der Waals surface area contributed by atoms with E-state index in [9.17, 15) is 18.3 Å². The molecule has 2 aromatic carbocycles. The molecular weight excluding hydrogens is 281 g/mol. The number of aliphatic hydroxyl groups is 1. The molecule has 0 saturated carbocycles. The Morgan fingerprint density at radius 1 is 1.10 bits per heavy atom. The molecule has 112 valence electrons. The van der Waals surface area contributed by atoms with Gasteiger partial charge >= 0.3 is 6.18 Å². The molecule has 0 aliphatic carbocycles. The molecule has 0 spiro atoms. The minimum absolute atomic E-state index is 0.240. The molecule has 6 heteroatoms. The van der Waals surface area contributed by atoms with Crippen molar-refractivity contribution in [2.75, 3.05) is 17.7 Å². The standard InChI is InChI=1S/C15H15F3N2O/c16-15(17,18)12-8-11(6-7-13(12)19)20-14(9-21)10-4-2-1-3-5-10/h1-8,14,20-21H,9,19H2. The van der Waals surface area contributed by atoms with Crippen LogP contribution in [0.4, 0.5) is 24.5 Å². The van der Waals surface area contributed by atoms with Crippen molar-refractivity contribution in [1.29, 1.82) is 0 Å². The van der Waals surface area contributed by atoms with Gasteiger partial charge in [-0.2, -0.15) is 13.2 Å². The van der Waals surface area contributed by atoms with E-state index in [1.54, 1.807) is 24.3 Å². The predicted octanol–water partition coefficient (Wildman–Crippen LogP) is 3.43. The van der Waals surface area contributed by atoms with Crippen molar-refractivity contribution >= 4 is 11.4 Å². The van der Waals surface area contributed by atoms with Gasteiger partial charge in [-0.25, -0.2) is 0 Å². The Morgan fingerprint density at radius 2 is 1.76 bits per heavy atom. The number of hydrogen-bond donors (Lipinski definition) is 3. The van der Waals surface area contributed by atoms with Gasteiger partial charge in [0.1, 0.15) is 0 Å². The molecule has 0 aliphatic heterocycles. The van der Waals surface area contributed by atoms with E-state index in [4.69, 9.17) is 5.73 Å². The zero-order valence-corrected chi connectivity index (χ0v) is 11.1. The van der Waals surface area contributed by atoms with E-state index >= 15 is 0 Å². The van der Waals surface area contributed by atoms with Gasteiger partial charge in [0.05, 0.1) is 18.2 Å². The predicted molar refractivity (Wildman–Crippen MR) is 75.7 cm³/mol. The zero-order valence-electron chi connectivity index (χ0n) is 11.1. The topological polar surface area (TPSA) is 58.3 Å². The maximum Gasteiger partial charge on any atom is 0.418 e. The highest BCUT2D eigenvalue weighted by Gasteiger charge is 2.33. The molecule has 1 unspecified atom stereocenters. The van der Waals surface area contributed by atoms with Crippen LogP contribution in [0.1, 0.15) is 17.2 Å². The summed E-state index contributed by atoms with van der Waals surface area (Å²) < 4.78 is 38.4. The summed E-state index contributed by atoms with van der Waals surface area (Å²) in [6.45, 7) is -0.240. The summed E-state index contributed by atoms with van der Waals surface area (Å²) in [5, 5.41) is 12.3. The Balaban J connectivity index is 2.27. The quantitative estimate of drug-likeness (QED) is 0.758. The van der Waals surface area contributed by atoms with Gasteiger partial charge in [0, 0.05) is 11.4 Å². The van der Waals surface area contributed by atoms with Crippen LogP contribution in [0.5, 0.6) is 0 Å². The van der Waals surface area contributed by atoms with Crippen molar-refractivity contribution in [2.24, 2.45) is 0 Å². The first-order chi connectivity index (χ1) is 9.91. The smallest absolute Gasteiger partial charge is 0.398 e. The molecule has 0 heterocycles. The van der Waals surface area contributed by atoms with Crippen molar-refractivity contribution in [3.05, 3.63) is 59.7 Å². The van der Waals surface area contributed by atoms with Crippen LogP contribution in [0.15, 0.2) is 48.5 Å². The molecule has 0 amide bonds. The lowest BCUT2D eigenvalue weighted by atomic mass is 10.1. The van der Waals surface area contributed by atoms with Crippen molar-refractivity contribution in [3.8, 4) is 0 Å². The molecule has 0 aromatic heterocycles. The second kappa shape index (κ2) is 6.05. The van der Waals surface area contributed by atoms with Gasteiger partial charge in [-0.05, 0) is 23.8 Å². The Morgan fingerprint density at radius 3 is 2.33 bits per heavy atom. The SMILES string of the molecule is Nc1ccc(NC(CO)c2ccccc2)cc1C(F)(F)F. The fourth-order valence-corrected chi connectivity index (χ4v) is 2.01. The van der Waals surface area contributed by atoms with Gasteiger partial charge in [-0.3, -0.25) is 0 Å². The van der Waals surface area contributed by atoms with Gasteiger partial charge in [0.15, 0.2) is 0 Å². The first-order valence-electron chi connectivity index (χ1n) is 6.31. The van der Waals surface area contributed by atoms with Gasteiger partial charge in [-0.15, -0.1) is 0 Å². The van der Waals surface area contributed by atoms with Gasteiger partial charge in [0.2, 0.25) is 0 Å². The molecule has 2 aromatic rings. The zero-order chi connectivity index (χ0) is 15.5. The van der Waals surface area contributed by atoms with Crippen LogP contribution < -0.4 is 11.1 Å². The fourth-order valence-electron chi connectivity index (χ4n) is 2.01. The Labute approximate surface area is 120 Å². The number of halogens is 3. The monoisotopic (exact) mass is 296 g/mol. The molecule has 0 saturated heterocycles. The summed E-state index contributed by atoms with van der Waals surface area (Å²) in [5.41, 5.74) is 5.17. The number of hydrogen-bond acceptors (Lipinski definition) is 3. The number of nitrogens with one attached hydrogen (secondary N) is 1. The highest BCUT2D eigenvalue weighted by molar-refractivity contribution is 5.59. The van der Waals surface area contributed by atoms with E-state index in [1.807, 2.05) is 6.07 Å². The van der Waals surface area contributed by atoms with E-state index in [-0.39, 0.29) is 18.0 Å². The summed E-state index contributed by atoms with van der Waals surface area (Å²) >= 11 is 0. The second-order valence-corrected chi connectivity index (χ2v) is 4.59. The van der Waals surface area contributed by atoms with Gasteiger partial charge in [-0.1, -0.05) is 30.3 Å². The Kier molecular flexibility index (Phi) is 4.37. The van der Waals surface area contributed by atoms with E-state index in [1.165, 1.54) is 12.1 Å². The number of aliphatic hydroxyl groups excluding tert-OH is 1. The van der Waals surface area contributed by atoms with Crippen LogP contribution in [-0.2, 0) is 6.18 Å². The summed E-state index contributed by atoms with van der Waals surface area (Å²) in [6, 6.07) is 12.1. The van der Waals surface area contributed by atoms with Crippen LogP contribution >= 0.6 is 0 Å². The summed E-state index contributed by atoms with van der Waals surface area (Å²) in [7, 11) is 0. The van der Waals surface area contributed by atoms with E-state index in [0.717, 1.165) is 11.6 Å². The number of nitrogens with two attached hydrogens (primary N) is 1. The number of rotatable bonds is 4. The van der Waals surface area contributed by atoms with Crippen LogP contribution in [-0.4, -0.2) is 11.7 Å². The Hall–Kier alpha value is -2.21. The lowest BCUT2D eigenvalue weighted by Gasteiger charge is -2.19. The average Bonchev–Trinajstić information content (AvgIpc) is 2.46. The minimum Gasteiger partial charge on any atom is -0.398 e. The third-order valence-electron chi connectivity index (χ3n) is 3.08. The van der Waals surface area contributed by atoms with Gasteiger partial charge < -0.3 is 16.2 Å². The first-order valence-corrected chi connectivity index (χ1v) is 6.31. The lowest BCUT2D eigenvalue weighted by molar-refractivity contribution is -0.136. The number of alkyl halides is 3. The molecule has 2 rings (SSSR count). The highest BCUT2D eigenvalue weighted by atomic mass is 19.4. The molecule has 0 radical (unpaired) electrons. The third kappa shape index (κ3) is 3.66. The number of benzene rings is 2. The molecule has 0 aliphatic rings. The Bertz CT molecular complexity index is 600. The molecule has 3 nitrogen and oxygen atoms in total. The second-order valence-electron chi connectivity index (χ2n) is 4.59. The summed E-state index contributed by atoms with van der Waals surface area (Å²) in [6.07, 6.45) is -4.51. The van der Waals surface area contributed by atoms with Gasteiger partial charge in [0.25, 0.3) is 0 Å². The van der Waals surface area contributed by atoms with E-state index in [2.05, 4.69) is 5.32 Å². The van der Waals surface area contributed by atoms with Crippen molar-refractivity contribution in [1.82, 2.24) is 0 Å². The van der Waals surface area contributed by atoms with Crippen LogP contribution in [0.3, 0.4) is 0 Å².